The Hall–Kier alpha value is -0.900. The van der Waals surface area contributed by atoms with Gasteiger partial charge in [-0.2, -0.15) is 0 Å². The van der Waals surface area contributed by atoms with Gasteiger partial charge in [-0.15, -0.1) is 0 Å². The van der Waals surface area contributed by atoms with Crippen LogP contribution in [0.15, 0.2) is 30.3 Å². The molecule has 2 heterocycles. The zero-order valence-corrected chi connectivity index (χ0v) is 12.3. The fourth-order valence-electron chi connectivity index (χ4n) is 3.14. The maximum absolute atomic E-state index is 6.01. The van der Waals surface area contributed by atoms with E-state index in [0.717, 1.165) is 26.3 Å². The van der Waals surface area contributed by atoms with Crippen molar-refractivity contribution in [2.45, 2.75) is 44.4 Å². The Labute approximate surface area is 121 Å². The van der Waals surface area contributed by atoms with Gasteiger partial charge in [-0.1, -0.05) is 30.3 Å². The first-order chi connectivity index (χ1) is 9.83. The molecule has 0 N–H and O–H groups in total. The number of benzene rings is 1. The molecule has 3 rings (SSSR count). The fourth-order valence-corrected chi connectivity index (χ4v) is 3.14. The van der Waals surface area contributed by atoms with Crippen molar-refractivity contribution in [3.05, 3.63) is 35.9 Å². The standard InChI is InChI=1S/C17H25NO2/c1-14-13-20-17(15-7-3-2-4-8-15)12-18(14)11-16-9-5-6-10-19-16/h2-4,7-8,14,16-17H,5-6,9-13H2,1H3/t14-,16-,17+/m1/s1. The third kappa shape index (κ3) is 3.40. The van der Waals surface area contributed by atoms with Crippen molar-refractivity contribution < 1.29 is 9.47 Å². The number of nitrogens with zero attached hydrogens (tertiary/aromatic N) is 1. The van der Waals surface area contributed by atoms with Crippen molar-refractivity contribution in [1.82, 2.24) is 4.90 Å². The maximum atomic E-state index is 6.01. The average molecular weight is 275 g/mol. The quantitative estimate of drug-likeness (QED) is 0.846. The lowest BCUT2D eigenvalue weighted by Crippen LogP contribution is -2.48. The summed E-state index contributed by atoms with van der Waals surface area (Å²) in [5.74, 6) is 0. The highest BCUT2D eigenvalue weighted by molar-refractivity contribution is 5.18. The van der Waals surface area contributed by atoms with E-state index in [4.69, 9.17) is 9.47 Å². The summed E-state index contributed by atoms with van der Waals surface area (Å²) in [4.78, 5) is 2.54. The van der Waals surface area contributed by atoms with Crippen LogP contribution in [0.4, 0.5) is 0 Å². The molecule has 3 atom stereocenters. The van der Waals surface area contributed by atoms with Crippen LogP contribution in [0.1, 0.15) is 37.9 Å². The highest BCUT2D eigenvalue weighted by Crippen LogP contribution is 2.26. The van der Waals surface area contributed by atoms with Gasteiger partial charge in [-0.05, 0) is 31.7 Å². The van der Waals surface area contributed by atoms with E-state index in [9.17, 15) is 0 Å². The van der Waals surface area contributed by atoms with Crippen molar-refractivity contribution in [2.75, 3.05) is 26.3 Å². The van der Waals surface area contributed by atoms with Gasteiger partial charge in [0.05, 0.1) is 18.8 Å². The van der Waals surface area contributed by atoms with Gasteiger partial charge in [0.25, 0.3) is 0 Å². The molecule has 1 aromatic rings. The first-order valence-corrected chi connectivity index (χ1v) is 7.85. The molecule has 3 nitrogen and oxygen atoms in total. The van der Waals surface area contributed by atoms with E-state index in [0.29, 0.717) is 12.1 Å². The summed E-state index contributed by atoms with van der Waals surface area (Å²) in [7, 11) is 0. The lowest BCUT2D eigenvalue weighted by atomic mass is 10.0. The highest BCUT2D eigenvalue weighted by Gasteiger charge is 2.29. The van der Waals surface area contributed by atoms with Crippen LogP contribution < -0.4 is 0 Å². The van der Waals surface area contributed by atoms with Gasteiger partial charge >= 0.3 is 0 Å². The van der Waals surface area contributed by atoms with Crippen LogP contribution in [0.3, 0.4) is 0 Å². The second-order valence-electron chi connectivity index (χ2n) is 6.02. The Morgan fingerprint density at radius 1 is 1.15 bits per heavy atom. The molecule has 0 unspecified atom stereocenters. The molecule has 0 saturated carbocycles. The van der Waals surface area contributed by atoms with Crippen molar-refractivity contribution in [1.29, 1.82) is 0 Å². The van der Waals surface area contributed by atoms with Crippen LogP contribution in [0.5, 0.6) is 0 Å². The van der Waals surface area contributed by atoms with E-state index in [-0.39, 0.29) is 6.10 Å². The van der Waals surface area contributed by atoms with E-state index in [2.05, 4.69) is 42.2 Å². The molecule has 3 heteroatoms. The molecule has 2 fully saturated rings. The van der Waals surface area contributed by atoms with Gasteiger partial charge in [0.2, 0.25) is 0 Å². The summed E-state index contributed by atoms with van der Waals surface area (Å²) in [5.41, 5.74) is 1.29. The van der Waals surface area contributed by atoms with E-state index in [1.807, 2.05) is 0 Å². The van der Waals surface area contributed by atoms with E-state index in [1.54, 1.807) is 0 Å². The number of hydrogen-bond donors (Lipinski definition) is 0. The summed E-state index contributed by atoms with van der Waals surface area (Å²) >= 11 is 0. The van der Waals surface area contributed by atoms with Crippen LogP contribution in [0.25, 0.3) is 0 Å². The zero-order valence-electron chi connectivity index (χ0n) is 12.3. The maximum Gasteiger partial charge on any atom is 0.0952 e. The average Bonchev–Trinajstić information content (AvgIpc) is 2.51. The van der Waals surface area contributed by atoms with E-state index < -0.39 is 0 Å². The molecule has 0 aliphatic carbocycles. The molecule has 2 saturated heterocycles. The van der Waals surface area contributed by atoms with E-state index >= 15 is 0 Å². The highest BCUT2D eigenvalue weighted by atomic mass is 16.5. The molecule has 0 aromatic heterocycles. The second-order valence-corrected chi connectivity index (χ2v) is 6.02. The Morgan fingerprint density at radius 3 is 2.75 bits per heavy atom. The molecule has 0 amide bonds. The molecule has 2 aliphatic heterocycles. The Morgan fingerprint density at radius 2 is 2.00 bits per heavy atom. The van der Waals surface area contributed by atoms with Crippen LogP contribution in [0, 0.1) is 0 Å². The summed E-state index contributed by atoms with van der Waals surface area (Å²) in [6.45, 7) is 6.03. The van der Waals surface area contributed by atoms with Gasteiger partial charge < -0.3 is 9.47 Å². The lowest BCUT2D eigenvalue weighted by Gasteiger charge is -2.40. The SMILES string of the molecule is C[C@@H]1CO[C@H](c2ccccc2)CN1C[C@H]1CCCCO1. The number of morpholine rings is 1. The van der Waals surface area contributed by atoms with Gasteiger partial charge in [0, 0.05) is 25.7 Å². The molecule has 0 spiro atoms. The molecule has 2 aliphatic rings. The van der Waals surface area contributed by atoms with Gasteiger partial charge in [0.15, 0.2) is 0 Å². The van der Waals surface area contributed by atoms with Gasteiger partial charge in [-0.3, -0.25) is 4.90 Å². The Bertz CT molecular complexity index is 403. The van der Waals surface area contributed by atoms with Gasteiger partial charge in [-0.25, -0.2) is 0 Å². The summed E-state index contributed by atoms with van der Waals surface area (Å²) in [6.07, 6.45) is 4.37. The normalized spacial score (nSPS) is 32.1. The monoisotopic (exact) mass is 275 g/mol. The van der Waals surface area contributed by atoms with Crippen molar-refractivity contribution in [3.63, 3.8) is 0 Å². The van der Waals surface area contributed by atoms with Crippen molar-refractivity contribution in [2.24, 2.45) is 0 Å². The second kappa shape index (κ2) is 6.70. The number of ether oxygens (including phenoxy) is 2. The van der Waals surface area contributed by atoms with Gasteiger partial charge in [0.1, 0.15) is 0 Å². The molecule has 0 radical (unpaired) electrons. The summed E-state index contributed by atoms with van der Waals surface area (Å²) < 4.78 is 11.9. The molecule has 20 heavy (non-hydrogen) atoms. The predicted molar refractivity (Wildman–Crippen MR) is 79.8 cm³/mol. The number of hydrogen-bond acceptors (Lipinski definition) is 3. The Balaban J connectivity index is 1.61. The van der Waals surface area contributed by atoms with Crippen molar-refractivity contribution >= 4 is 0 Å². The minimum absolute atomic E-state index is 0.205. The molecular formula is C17H25NO2. The first-order valence-electron chi connectivity index (χ1n) is 7.85. The minimum atomic E-state index is 0.205. The van der Waals surface area contributed by atoms with Crippen LogP contribution in [0.2, 0.25) is 0 Å². The van der Waals surface area contributed by atoms with E-state index in [1.165, 1.54) is 24.8 Å². The number of rotatable bonds is 3. The van der Waals surface area contributed by atoms with Crippen LogP contribution >= 0.6 is 0 Å². The van der Waals surface area contributed by atoms with Crippen LogP contribution in [-0.2, 0) is 9.47 Å². The first kappa shape index (κ1) is 14.1. The largest absolute Gasteiger partial charge is 0.377 e. The third-order valence-corrected chi connectivity index (χ3v) is 4.45. The molecular weight excluding hydrogens is 250 g/mol. The Kier molecular flexibility index (Phi) is 4.71. The molecule has 110 valence electrons. The smallest absolute Gasteiger partial charge is 0.0952 e. The minimum Gasteiger partial charge on any atom is -0.377 e. The summed E-state index contributed by atoms with van der Waals surface area (Å²) in [5, 5.41) is 0. The van der Waals surface area contributed by atoms with Crippen molar-refractivity contribution in [3.8, 4) is 0 Å². The lowest BCUT2D eigenvalue weighted by molar-refractivity contribution is -0.0852. The fraction of sp³-hybridized carbons (Fsp3) is 0.647. The van der Waals surface area contributed by atoms with Crippen LogP contribution in [-0.4, -0.2) is 43.3 Å². The predicted octanol–water partition coefficient (Wildman–Crippen LogP) is 3.02. The topological polar surface area (TPSA) is 21.7 Å². The molecule has 0 bridgehead atoms. The zero-order chi connectivity index (χ0) is 13.8. The third-order valence-electron chi connectivity index (χ3n) is 4.45. The molecule has 1 aromatic carbocycles. The summed E-state index contributed by atoms with van der Waals surface area (Å²) in [6, 6.07) is 11.0.